The van der Waals surface area contributed by atoms with Gasteiger partial charge in [0.15, 0.2) is 0 Å². The molecule has 1 saturated carbocycles. The van der Waals surface area contributed by atoms with Gasteiger partial charge in [-0.3, -0.25) is 0 Å². The highest BCUT2D eigenvalue weighted by molar-refractivity contribution is 5.70. The van der Waals surface area contributed by atoms with E-state index >= 15 is 0 Å². The topological polar surface area (TPSA) is 53.0 Å². The van der Waals surface area contributed by atoms with Crippen LogP contribution in [0.1, 0.15) is 51.0 Å². The molecule has 0 spiro atoms. The number of carbonyl (C=O) groups is 1. The van der Waals surface area contributed by atoms with Crippen molar-refractivity contribution in [2.45, 2.75) is 57.7 Å². The number of carbonyl (C=O) groups excluding carboxylic acids is 1. The highest BCUT2D eigenvalue weighted by Gasteiger charge is 2.31. The molecular formula is C22H33F3N2O3. The average Bonchev–Trinajstić information content (AvgIpc) is 2.72. The molecule has 0 aliphatic heterocycles. The van der Waals surface area contributed by atoms with Crippen molar-refractivity contribution in [1.82, 2.24) is 9.80 Å². The van der Waals surface area contributed by atoms with Gasteiger partial charge in [-0.25, -0.2) is 4.79 Å². The van der Waals surface area contributed by atoms with E-state index < -0.39 is 17.8 Å². The third-order valence-corrected chi connectivity index (χ3v) is 5.99. The van der Waals surface area contributed by atoms with Gasteiger partial charge in [0.25, 0.3) is 0 Å². The van der Waals surface area contributed by atoms with E-state index in [1.165, 1.54) is 12.1 Å². The molecule has 170 valence electrons. The minimum atomic E-state index is -4.41. The van der Waals surface area contributed by atoms with Crippen molar-refractivity contribution in [3.8, 4) is 5.75 Å². The highest BCUT2D eigenvalue weighted by atomic mass is 19.4. The molecule has 2 rings (SSSR count). The third-order valence-electron chi connectivity index (χ3n) is 5.99. The first-order chi connectivity index (χ1) is 14.2. The lowest BCUT2D eigenvalue weighted by Gasteiger charge is -2.34. The van der Waals surface area contributed by atoms with E-state index in [1.54, 1.807) is 11.9 Å². The Morgan fingerprint density at radius 3 is 2.30 bits per heavy atom. The van der Waals surface area contributed by atoms with Crippen molar-refractivity contribution in [3.05, 3.63) is 29.8 Å². The van der Waals surface area contributed by atoms with E-state index in [-0.39, 0.29) is 18.4 Å². The van der Waals surface area contributed by atoms with Crippen LogP contribution in [-0.2, 0) is 6.18 Å². The number of benzene rings is 1. The minimum absolute atomic E-state index is 0.0877. The van der Waals surface area contributed by atoms with Gasteiger partial charge in [-0.05, 0) is 81.8 Å². The summed E-state index contributed by atoms with van der Waals surface area (Å²) in [6.45, 7) is 4.94. The number of aliphatic hydroxyl groups excluding tert-OH is 1. The molecule has 0 radical (unpaired) electrons. The van der Waals surface area contributed by atoms with Crippen LogP contribution in [0.4, 0.5) is 18.0 Å². The fourth-order valence-electron chi connectivity index (χ4n) is 4.03. The molecular weight excluding hydrogens is 397 g/mol. The Morgan fingerprint density at radius 2 is 1.77 bits per heavy atom. The number of ether oxygens (including phenoxy) is 1. The van der Waals surface area contributed by atoms with Crippen LogP contribution in [-0.4, -0.2) is 60.3 Å². The predicted octanol–water partition coefficient (Wildman–Crippen LogP) is 4.79. The fourth-order valence-corrected chi connectivity index (χ4v) is 4.03. The molecule has 0 saturated heterocycles. The Hall–Kier alpha value is -1.80. The molecule has 1 aliphatic carbocycles. The maximum atomic E-state index is 12.6. The molecule has 8 heteroatoms. The van der Waals surface area contributed by atoms with E-state index in [9.17, 15) is 18.0 Å². The van der Waals surface area contributed by atoms with E-state index in [0.717, 1.165) is 70.3 Å². The number of amides is 1. The van der Waals surface area contributed by atoms with Crippen molar-refractivity contribution >= 4 is 6.09 Å². The second-order valence-corrected chi connectivity index (χ2v) is 7.98. The van der Waals surface area contributed by atoms with E-state index in [0.29, 0.717) is 5.92 Å². The normalized spacial score (nSPS) is 19.7. The fraction of sp³-hybridized carbons (Fsp3) is 0.682. The number of hydrogen-bond donors (Lipinski definition) is 1. The smallest absolute Gasteiger partial charge is 0.410 e. The van der Waals surface area contributed by atoms with Gasteiger partial charge in [-0.15, -0.1) is 0 Å². The second-order valence-electron chi connectivity index (χ2n) is 7.98. The molecule has 0 aromatic heterocycles. The van der Waals surface area contributed by atoms with Gasteiger partial charge in [0, 0.05) is 19.6 Å². The molecule has 0 heterocycles. The van der Waals surface area contributed by atoms with Gasteiger partial charge in [0.05, 0.1) is 12.2 Å². The van der Waals surface area contributed by atoms with Crippen LogP contribution in [0.3, 0.4) is 0 Å². The van der Waals surface area contributed by atoms with Crippen LogP contribution in [0.2, 0.25) is 0 Å². The van der Waals surface area contributed by atoms with Crippen LogP contribution in [0.25, 0.3) is 0 Å². The summed E-state index contributed by atoms with van der Waals surface area (Å²) in [5, 5.41) is 9.05. The summed E-state index contributed by atoms with van der Waals surface area (Å²) in [6.07, 6.45) is 1.20. The molecule has 5 nitrogen and oxygen atoms in total. The molecule has 1 aromatic rings. The molecule has 1 amide bonds. The van der Waals surface area contributed by atoms with Crippen molar-refractivity contribution in [1.29, 1.82) is 0 Å². The zero-order valence-electron chi connectivity index (χ0n) is 17.8. The molecule has 0 unspecified atom stereocenters. The molecule has 1 N–H and O–H groups in total. The van der Waals surface area contributed by atoms with Crippen molar-refractivity contribution < 1.29 is 27.8 Å². The van der Waals surface area contributed by atoms with E-state index in [1.807, 2.05) is 0 Å². The Bertz CT molecular complexity index is 644. The summed E-state index contributed by atoms with van der Waals surface area (Å²) in [4.78, 5) is 16.2. The van der Waals surface area contributed by atoms with Crippen LogP contribution in [0, 0.1) is 5.92 Å². The largest absolute Gasteiger partial charge is 0.416 e. The summed E-state index contributed by atoms with van der Waals surface area (Å²) in [6, 6.07) is 4.25. The predicted molar refractivity (Wildman–Crippen MR) is 109 cm³/mol. The number of hydrogen-bond acceptors (Lipinski definition) is 4. The first kappa shape index (κ1) is 24.5. The lowest BCUT2D eigenvalue weighted by Crippen LogP contribution is -2.41. The lowest BCUT2D eigenvalue weighted by molar-refractivity contribution is -0.137. The van der Waals surface area contributed by atoms with Gasteiger partial charge in [-0.1, -0.05) is 6.92 Å². The summed E-state index contributed by atoms with van der Waals surface area (Å²) >= 11 is 0. The van der Waals surface area contributed by atoms with E-state index in [4.69, 9.17) is 9.84 Å². The second kappa shape index (κ2) is 11.6. The zero-order chi connectivity index (χ0) is 22.1. The molecule has 0 atom stereocenters. The number of aliphatic hydroxyl groups is 1. The number of halogens is 3. The molecule has 0 bridgehead atoms. The summed E-state index contributed by atoms with van der Waals surface area (Å²) in [5.74, 6) is 0.755. The standard InChI is InChI=1S/C22H33F3N2O3/c1-3-27(15-16-28)14-4-5-17-6-10-19(11-7-17)26(2)21(29)30-20-12-8-18(9-13-20)22(23,24)25/h8-9,12-13,17,19,28H,3-7,10-11,14-16H2,1-2H3/t17-,19-. The van der Waals surface area contributed by atoms with Crippen LogP contribution in [0.5, 0.6) is 5.75 Å². The van der Waals surface area contributed by atoms with Gasteiger partial charge in [0.1, 0.15) is 5.75 Å². The Morgan fingerprint density at radius 1 is 1.13 bits per heavy atom. The molecule has 30 heavy (non-hydrogen) atoms. The number of alkyl halides is 3. The Kier molecular flexibility index (Phi) is 9.42. The molecule has 1 aromatic carbocycles. The highest BCUT2D eigenvalue weighted by Crippen LogP contribution is 2.32. The monoisotopic (exact) mass is 430 g/mol. The van der Waals surface area contributed by atoms with Crippen LogP contribution < -0.4 is 4.74 Å². The third kappa shape index (κ3) is 7.47. The SMILES string of the molecule is CCN(CCO)CCC[C@H]1CC[C@H](N(C)C(=O)Oc2ccc(C(F)(F)F)cc2)CC1. The summed E-state index contributed by atoms with van der Waals surface area (Å²) in [5.41, 5.74) is -0.771. The van der Waals surface area contributed by atoms with Gasteiger partial charge in [-0.2, -0.15) is 13.2 Å². The average molecular weight is 431 g/mol. The zero-order valence-corrected chi connectivity index (χ0v) is 17.8. The van der Waals surface area contributed by atoms with Crippen LogP contribution in [0.15, 0.2) is 24.3 Å². The lowest BCUT2D eigenvalue weighted by atomic mass is 9.83. The van der Waals surface area contributed by atoms with Gasteiger partial charge >= 0.3 is 12.3 Å². The summed E-state index contributed by atoms with van der Waals surface area (Å²) in [7, 11) is 1.69. The van der Waals surface area contributed by atoms with Gasteiger partial charge in [0.2, 0.25) is 0 Å². The first-order valence-electron chi connectivity index (χ1n) is 10.7. The van der Waals surface area contributed by atoms with Gasteiger partial charge < -0.3 is 19.6 Å². The quantitative estimate of drug-likeness (QED) is 0.612. The first-order valence-corrected chi connectivity index (χ1v) is 10.7. The molecule has 1 fully saturated rings. The maximum Gasteiger partial charge on any atom is 0.416 e. The van der Waals surface area contributed by atoms with Crippen molar-refractivity contribution in [2.24, 2.45) is 5.92 Å². The number of rotatable bonds is 9. The molecule has 1 aliphatic rings. The van der Waals surface area contributed by atoms with Crippen molar-refractivity contribution in [2.75, 3.05) is 33.3 Å². The van der Waals surface area contributed by atoms with Crippen LogP contribution >= 0.6 is 0 Å². The Balaban J connectivity index is 1.74. The minimum Gasteiger partial charge on any atom is -0.410 e. The number of likely N-dealkylation sites (N-methyl/N-ethyl adjacent to an activating group) is 1. The number of nitrogens with zero attached hydrogens (tertiary/aromatic N) is 2. The Labute approximate surface area is 176 Å². The van der Waals surface area contributed by atoms with Crippen molar-refractivity contribution in [3.63, 3.8) is 0 Å². The maximum absolute atomic E-state index is 12.6. The summed E-state index contributed by atoms with van der Waals surface area (Å²) < 4.78 is 43.1. The van der Waals surface area contributed by atoms with E-state index in [2.05, 4.69) is 11.8 Å².